The number of methoxy groups -OCH3 is 1. The van der Waals surface area contributed by atoms with Crippen molar-refractivity contribution in [1.82, 2.24) is 8.87 Å². The van der Waals surface area contributed by atoms with Crippen molar-refractivity contribution in [2.45, 2.75) is 63.4 Å². The summed E-state index contributed by atoms with van der Waals surface area (Å²) in [5.74, 6) is 2.16. The van der Waals surface area contributed by atoms with E-state index in [2.05, 4.69) is 6.92 Å². The maximum atomic E-state index is 13.9. The van der Waals surface area contributed by atoms with Crippen LogP contribution in [-0.4, -0.2) is 49.6 Å². The number of urea groups is 1. The molecule has 0 N–H and O–H groups in total. The standard InChI is InChI=1S/C34H39N3O5S/c1-24-9-14-29(15-10-24)43(39,40)37-20-18-30-27(7-4-8-31(30)37)23-36-25(2)17-19-35(34(36)38)28-13-16-32(41-3)33(22-28)42-21-5-6-26-11-12-26/h4,7-10,13-16,18,20,22,25-26H,5-6,11-12,17,19,21,23H2,1-3H3/t25-/m0/s1. The Morgan fingerprint density at radius 3 is 2.49 bits per heavy atom. The van der Waals surface area contributed by atoms with Gasteiger partial charge in [0.2, 0.25) is 0 Å². The van der Waals surface area contributed by atoms with Crippen molar-refractivity contribution in [2.24, 2.45) is 5.92 Å². The lowest BCUT2D eigenvalue weighted by Gasteiger charge is -2.40. The molecule has 0 bridgehead atoms. The molecule has 2 fully saturated rings. The van der Waals surface area contributed by atoms with Gasteiger partial charge in [-0.15, -0.1) is 0 Å². The monoisotopic (exact) mass is 601 g/mol. The molecule has 43 heavy (non-hydrogen) atoms. The zero-order valence-corrected chi connectivity index (χ0v) is 25.8. The van der Waals surface area contributed by atoms with E-state index in [1.807, 2.05) is 54.3 Å². The fourth-order valence-corrected chi connectivity index (χ4v) is 7.19. The number of hydrogen-bond acceptors (Lipinski definition) is 5. The Bertz CT molecular complexity index is 1730. The van der Waals surface area contributed by atoms with Crippen LogP contribution < -0.4 is 14.4 Å². The van der Waals surface area contributed by atoms with Crippen LogP contribution in [0.25, 0.3) is 10.9 Å². The molecular formula is C34H39N3O5S. The Labute approximate surface area is 253 Å². The van der Waals surface area contributed by atoms with E-state index in [0.717, 1.165) is 41.0 Å². The average molecular weight is 602 g/mol. The summed E-state index contributed by atoms with van der Waals surface area (Å²) in [6, 6.07) is 19.9. The minimum atomic E-state index is -3.77. The highest BCUT2D eigenvalue weighted by Gasteiger charge is 2.33. The Balaban J connectivity index is 1.23. The maximum Gasteiger partial charge on any atom is 0.325 e. The van der Waals surface area contributed by atoms with E-state index >= 15 is 0 Å². The quantitative estimate of drug-likeness (QED) is 0.173. The molecule has 1 atom stereocenters. The molecule has 1 saturated heterocycles. The van der Waals surface area contributed by atoms with Crippen LogP contribution in [0.15, 0.2) is 77.8 Å². The summed E-state index contributed by atoms with van der Waals surface area (Å²) in [5, 5.41) is 0.807. The molecule has 6 rings (SSSR count). The number of amides is 2. The van der Waals surface area contributed by atoms with Crippen molar-refractivity contribution in [3.63, 3.8) is 0 Å². The highest BCUT2D eigenvalue weighted by molar-refractivity contribution is 7.90. The Morgan fingerprint density at radius 1 is 0.953 bits per heavy atom. The third-order valence-electron chi connectivity index (χ3n) is 8.66. The number of ether oxygens (including phenoxy) is 2. The predicted octanol–water partition coefficient (Wildman–Crippen LogP) is 6.99. The summed E-state index contributed by atoms with van der Waals surface area (Å²) < 4.78 is 39.9. The molecule has 0 spiro atoms. The van der Waals surface area contributed by atoms with Gasteiger partial charge in [-0.25, -0.2) is 17.2 Å². The number of nitrogens with zero attached hydrogens (tertiary/aromatic N) is 3. The first-order valence-electron chi connectivity index (χ1n) is 15.1. The molecule has 4 aromatic rings. The topological polar surface area (TPSA) is 81.1 Å². The fraction of sp³-hybridized carbons (Fsp3) is 0.382. The summed E-state index contributed by atoms with van der Waals surface area (Å²) >= 11 is 0. The van der Waals surface area contributed by atoms with E-state index in [1.54, 1.807) is 42.5 Å². The first kappa shape index (κ1) is 29.1. The van der Waals surface area contributed by atoms with E-state index in [9.17, 15) is 13.2 Å². The molecule has 3 aromatic carbocycles. The van der Waals surface area contributed by atoms with Crippen molar-refractivity contribution in [1.29, 1.82) is 0 Å². The van der Waals surface area contributed by atoms with Gasteiger partial charge in [0.1, 0.15) is 0 Å². The van der Waals surface area contributed by atoms with Crippen molar-refractivity contribution in [3.05, 3.63) is 84.1 Å². The average Bonchev–Trinajstić information content (AvgIpc) is 3.72. The van der Waals surface area contributed by atoms with Crippen LogP contribution in [0.2, 0.25) is 0 Å². The van der Waals surface area contributed by atoms with E-state index in [0.29, 0.717) is 36.7 Å². The first-order valence-corrected chi connectivity index (χ1v) is 16.5. The smallest absolute Gasteiger partial charge is 0.325 e. The van der Waals surface area contributed by atoms with Crippen LogP contribution in [0.5, 0.6) is 11.5 Å². The lowest BCUT2D eigenvalue weighted by molar-refractivity contribution is 0.166. The van der Waals surface area contributed by atoms with Crippen LogP contribution >= 0.6 is 0 Å². The molecular weight excluding hydrogens is 562 g/mol. The van der Waals surface area contributed by atoms with Crippen LogP contribution in [0.4, 0.5) is 10.5 Å². The summed E-state index contributed by atoms with van der Waals surface area (Å²) in [4.78, 5) is 17.8. The van der Waals surface area contributed by atoms with E-state index in [4.69, 9.17) is 9.47 Å². The minimum Gasteiger partial charge on any atom is -0.493 e. The molecule has 226 valence electrons. The van der Waals surface area contributed by atoms with Gasteiger partial charge in [0, 0.05) is 42.5 Å². The molecule has 0 radical (unpaired) electrons. The zero-order chi connectivity index (χ0) is 30.1. The second-order valence-electron chi connectivity index (χ2n) is 11.7. The maximum absolute atomic E-state index is 13.9. The van der Waals surface area contributed by atoms with Gasteiger partial charge in [-0.3, -0.25) is 4.90 Å². The normalized spacial score (nSPS) is 17.5. The SMILES string of the molecule is COc1ccc(N2CC[C@H](C)N(Cc3cccc4c3ccn4S(=O)(=O)c3ccc(C)cc3)C2=O)cc1OCCCC1CC1. The predicted molar refractivity (Wildman–Crippen MR) is 169 cm³/mol. The van der Waals surface area contributed by atoms with Crippen LogP contribution in [-0.2, 0) is 16.6 Å². The zero-order valence-electron chi connectivity index (χ0n) is 25.0. The van der Waals surface area contributed by atoms with Gasteiger partial charge >= 0.3 is 6.03 Å². The molecule has 9 heteroatoms. The van der Waals surface area contributed by atoms with Crippen LogP contribution in [0, 0.1) is 12.8 Å². The number of fused-ring (bicyclic) bond motifs is 1. The highest BCUT2D eigenvalue weighted by atomic mass is 32.2. The summed E-state index contributed by atoms with van der Waals surface area (Å²) in [7, 11) is -2.14. The molecule has 2 heterocycles. The van der Waals surface area contributed by atoms with Gasteiger partial charge in [-0.05, 0) is 81.0 Å². The second kappa shape index (κ2) is 12.0. The largest absolute Gasteiger partial charge is 0.493 e. The summed E-state index contributed by atoms with van der Waals surface area (Å²) in [6.45, 7) is 5.57. The number of rotatable bonds is 11. The second-order valence-corrected chi connectivity index (χ2v) is 13.6. The number of aromatic nitrogens is 1. The molecule has 8 nitrogen and oxygen atoms in total. The Hall–Kier alpha value is -3.98. The lowest BCUT2D eigenvalue weighted by atomic mass is 10.1. The molecule has 1 saturated carbocycles. The molecule has 0 unspecified atom stereocenters. The molecule has 1 aromatic heterocycles. The Kier molecular flexibility index (Phi) is 8.09. The summed E-state index contributed by atoms with van der Waals surface area (Å²) in [6.07, 6.45) is 7.25. The van der Waals surface area contributed by atoms with E-state index in [1.165, 1.54) is 23.2 Å². The van der Waals surface area contributed by atoms with Crippen molar-refractivity contribution >= 4 is 32.6 Å². The third kappa shape index (κ3) is 5.95. The van der Waals surface area contributed by atoms with E-state index < -0.39 is 10.0 Å². The van der Waals surface area contributed by atoms with Crippen molar-refractivity contribution < 1.29 is 22.7 Å². The fourth-order valence-electron chi connectivity index (χ4n) is 5.84. The lowest BCUT2D eigenvalue weighted by Crippen LogP contribution is -2.53. The van der Waals surface area contributed by atoms with Gasteiger partial charge in [-0.2, -0.15) is 0 Å². The van der Waals surface area contributed by atoms with Gasteiger partial charge in [0.15, 0.2) is 11.5 Å². The Morgan fingerprint density at radius 2 is 1.74 bits per heavy atom. The molecule has 1 aliphatic heterocycles. The number of anilines is 1. The molecule has 1 aliphatic carbocycles. The molecule has 2 amide bonds. The third-order valence-corrected chi connectivity index (χ3v) is 10.4. The van der Waals surface area contributed by atoms with Gasteiger partial charge < -0.3 is 14.4 Å². The number of aryl methyl sites for hydroxylation is 1. The minimum absolute atomic E-state index is 0.0220. The summed E-state index contributed by atoms with van der Waals surface area (Å²) in [5.41, 5.74) is 3.25. The number of carbonyl (C=O) groups excluding carboxylic acids is 1. The number of carbonyl (C=O) groups is 1. The van der Waals surface area contributed by atoms with Crippen LogP contribution in [0.3, 0.4) is 0 Å². The number of hydrogen-bond donors (Lipinski definition) is 0. The first-order chi connectivity index (χ1) is 20.8. The van der Waals surface area contributed by atoms with Gasteiger partial charge in [-0.1, -0.05) is 42.7 Å². The van der Waals surface area contributed by atoms with Crippen molar-refractivity contribution in [3.8, 4) is 11.5 Å². The van der Waals surface area contributed by atoms with Crippen LogP contribution in [0.1, 0.15) is 50.2 Å². The van der Waals surface area contributed by atoms with Gasteiger partial charge in [0.05, 0.1) is 24.1 Å². The highest BCUT2D eigenvalue weighted by Crippen LogP contribution is 2.36. The van der Waals surface area contributed by atoms with Crippen molar-refractivity contribution in [2.75, 3.05) is 25.2 Å². The molecule has 2 aliphatic rings. The van der Waals surface area contributed by atoms with E-state index in [-0.39, 0.29) is 17.0 Å². The number of benzene rings is 3. The van der Waals surface area contributed by atoms with Gasteiger partial charge in [0.25, 0.3) is 10.0 Å².